The maximum atomic E-state index is 12.4. The SMILES string of the molecule is [CH-]=Cn1c(-c2ccc(OC(F)F)cc2)cnc1[CH-]Nc1ccc(C(=O)NCCOCCO)c(C)c1.[CH3-].[Y+3]. The molecule has 3 N–H and O–H groups in total. The van der Waals surface area contributed by atoms with Crippen LogP contribution in [0.2, 0.25) is 0 Å². The Morgan fingerprint density at radius 2 is 1.97 bits per heavy atom. The number of anilines is 1. The molecule has 0 atom stereocenters. The topological polar surface area (TPSA) is 97.6 Å². The molecule has 0 aliphatic heterocycles. The Bertz CT molecular complexity index is 1140. The number of nitrogens with one attached hydrogen (secondary N) is 2. The monoisotopic (exact) mass is 588 g/mol. The Hall–Kier alpha value is -2.79. The van der Waals surface area contributed by atoms with E-state index in [1.54, 1.807) is 41.6 Å². The Morgan fingerprint density at radius 1 is 1.24 bits per heavy atom. The average molecular weight is 588 g/mol. The number of amides is 1. The summed E-state index contributed by atoms with van der Waals surface area (Å²) in [6.45, 7) is 7.24. The molecule has 3 aromatic rings. The second kappa shape index (κ2) is 16.1. The molecular formula is C26H29F2N4O4Y. The molecule has 2 aromatic carbocycles. The van der Waals surface area contributed by atoms with Crippen molar-refractivity contribution in [1.29, 1.82) is 0 Å². The van der Waals surface area contributed by atoms with E-state index < -0.39 is 6.61 Å². The number of imidazole rings is 1. The number of hydrogen-bond acceptors (Lipinski definition) is 6. The minimum Gasteiger partial charge on any atom is -0.513 e. The van der Waals surface area contributed by atoms with E-state index >= 15 is 0 Å². The van der Waals surface area contributed by atoms with Crippen LogP contribution in [0.15, 0.2) is 48.7 Å². The van der Waals surface area contributed by atoms with Crippen LogP contribution in [0.25, 0.3) is 17.5 Å². The molecule has 0 spiro atoms. The van der Waals surface area contributed by atoms with Crippen LogP contribution < -0.4 is 15.4 Å². The summed E-state index contributed by atoms with van der Waals surface area (Å²) in [5.41, 5.74) is 3.43. The summed E-state index contributed by atoms with van der Waals surface area (Å²) in [4.78, 5) is 16.7. The van der Waals surface area contributed by atoms with Gasteiger partial charge in [0.15, 0.2) is 0 Å². The van der Waals surface area contributed by atoms with Crippen LogP contribution in [0.5, 0.6) is 5.75 Å². The molecule has 37 heavy (non-hydrogen) atoms. The first-order valence-electron chi connectivity index (χ1n) is 10.8. The molecular weight excluding hydrogens is 559 g/mol. The van der Waals surface area contributed by atoms with Gasteiger partial charge in [0, 0.05) is 23.4 Å². The Labute approximate surface area is 241 Å². The van der Waals surface area contributed by atoms with E-state index in [-0.39, 0.29) is 65.0 Å². The molecule has 0 saturated heterocycles. The molecule has 194 valence electrons. The molecule has 0 unspecified atom stereocenters. The molecule has 1 aromatic heterocycles. The van der Waals surface area contributed by atoms with Crippen molar-refractivity contribution in [3.8, 4) is 17.0 Å². The second-order valence-electron chi connectivity index (χ2n) is 7.33. The van der Waals surface area contributed by atoms with Gasteiger partial charge in [-0.2, -0.15) is 15.0 Å². The minimum absolute atomic E-state index is 0. The van der Waals surface area contributed by atoms with Crippen LogP contribution in [0, 0.1) is 27.5 Å². The van der Waals surface area contributed by atoms with E-state index in [4.69, 9.17) is 16.4 Å². The van der Waals surface area contributed by atoms with E-state index in [9.17, 15) is 13.6 Å². The standard InChI is InChI=1S/C25H26F2N4O4.CH3.Y/c1-3-31-22(18-4-7-20(8-5-18)35-25(26)27)15-30-23(31)16-29-19-6-9-21(17(2)14-19)24(33)28-10-12-34-13-11-32;;/h1,3-9,14-16,25,29,32H,10-13H2,2H3,(H,28,33);1H3;/q-2;-1;+3. The Balaban J connectivity index is 0.00000342. The minimum atomic E-state index is -2.89. The number of alkyl halides is 2. The van der Waals surface area contributed by atoms with E-state index in [2.05, 4.69) is 20.4 Å². The number of carbonyl (C=O) groups excluding carboxylic acids is 1. The fraction of sp³-hybridized carbons (Fsp3) is 0.231. The number of nitrogens with zero attached hydrogens (tertiary/aromatic N) is 2. The van der Waals surface area contributed by atoms with Gasteiger partial charge in [0.05, 0.1) is 31.7 Å². The van der Waals surface area contributed by atoms with Gasteiger partial charge >= 0.3 is 39.3 Å². The van der Waals surface area contributed by atoms with Gasteiger partial charge in [0.25, 0.3) is 5.91 Å². The Kier molecular flexibility index (Phi) is 14.1. The number of aliphatic hydroxyl groups excluding tert-OH is 1. The van der Waals surface area contributed by atoms with Crippen LogP contribution in [-0.4, -0.2) is 53.5 Å². The zero-order valence-electron chi connectivity index (χ0n) is 20.7. The molecule has 0 aliphatic carbocycles. The van der Waals surface area contributed by atoms with Crippen LogP contribution >= 0.6 is 0 Å². The predicted molar refractivity (Wildman–Crippen MR) is 134 cm³/mol. The number of ether oxygens (including phenoxy) is 2. The Morgan fingerprint density at radius 3 is 2.59 bits per heavy atom. The largest absolute Gasteiger partial charge is 3.00 e. The summed E-state index contributed by atoms with van der Waals surface area (Å²) < 4.78 is 35.9. The van der Waals surface area contributed by atoms with Crippen molar-refractivity contribution >= 4 is 17.8 Å². The van der Waals surface area contributed by atoms with Gasteiger partial charge in [0.2, 0.25) is 0 Å². The molecule has 0 saturated carbocycles. The van der Waals surface area contributed by atoms with Crippen molar-refractivity contribution in [1.82, 2.24) is 14.9 Å². The molecule has 0 fully saturated rings. The smallest absolute Gasteiger partial charge is 0.513 e. The number of halogens is 2. The van der Waals surface area contributed by atoms with Gasteiger partial charge in [-0.3, -0.25) is 9.78 Å². The third-order valence-corrected chi connectivity index (χ3v) is 4.96. The van der Waals surface area contributed by atoms with Gasteiger partial charge in [-0.15, -0.1) is 0 Å². The van der Waals surface area contributed by atoms with E-state index in [0.29, 0.717) is 35.8 Å². The summed E-state index contributed by atoms with van der Waals surface area (Å²) in [7, 11) is 0. The summed E-state index contributed by atoms with van der Waals surface area (Å²) in [6, 6.07) is 11.5. The van der Waals surface area contributed by atoms with Crippen LogP contribution in [-0.2, 0) is 37.4 Å². The van der Waals surface area contributed by atoms with Gasteiger partial charge < -0.3 is 43.8 Å². The fourth-order valence-electron chi connectivity index (χ4n) is 3.31. The summed E-state index contributed by atoms with van der Waals surface area (Å²) in [5.74, 6) is 0.355. The quantitative estimate of drug-likeness (QED) is 0.205. The van der Waals surface area contributed by atoms with E-state index in [0.717, 1.165) is 11.3 Å². The van der Waals surface area contributed by atoms with Crippen molar-refractivity contribution in [2.45, 2.75) is 13.5 Å². The van der Waals surface area contributed by atoms with Gasteiger partial charge in [-0.05, 0) is 60.8 Å². The predicted octanol–water partition coefficient (Wildman–Crippen LogP) is 4.17. The number of rotatable bonds is 13. The molecule has 11 heteroatoms. The van der Waals surface area contributed by atoms with Crippen molar-refractivity contribution < 1.29 is 60.9 Å². The molecule has 0 radical (unpaired) electrons. The fourth-order valence-corrected chi connectivity index (χ4v) is 3.31. The zero-order valence-corrected chi connectivity index (χ0v) is 23.5. The van der Waals surface area contributed by atoms with Crippen molar-refractivity contribution in [2.24, 2.45) is 0 Å². The molecule has 0 bridgehead atoms. The summed E-state index contributed by atoms with van der Waals surface area (Å²) in [6.07, 6.45) is 2.96. The molecule has 1 heterocycles. The number of benzene rings is 2. The van der Waals surface area contributed by atoms with Crippen molar-refractivity contribution in [3.05, 3.63) is 86.2 Å². The van der Waals surface area contributed by atoms with Crippen molar-refractivity contribution in [2.75, 3.05) is 31.7 Å². The first-order valence-corrected chi connectivity index (χ1v) is 10.8. The average Bonchev–Trinajstić information content (AvgIpc) is 3.25. The first kappa shape index (κ1) is 32.2. The van der Waals surface area contributed by atoms with Crippen molar-refractivity contribution in [3.63, 3.8) is 0 Å². The summed E-state index contributed by atoms with van der Waals surface area (Å²) in [5, 5.41) is 14.6. The van der Waals surface area contributed by atoms with E-state index in [1.165, 1.54) is 18.3 Å². The third kappa shape index (κ3) is 9.23. The van der Waals surface area contributed by atoms with Crippen LogP contribution in [0.1, 0.15) is 21.7 Å². The van der Waals surface area contributed by atoms with Gasteiger partial charge in [-0.1, -0.05) is 0 Å². The zero-order chi connectivity index (χ0) is 25.2. The van der Waals surface area contributed by atoms with Crippen LogP contribution in [0.4, 0.5) is 14.5 Å². The number of aryl methyl sites for hydroxylation is 1. The number of aromatic nitrogens is 2. The molecule has 8 nitrogen and oxygen atoms in total. The van der Waals surface area contributed by atoms with Gasteiger partial charge in [-0.25, -0.2) is 6.54 Å². The third-order valence-electron chi connectivity index (χ3n) is 4.96. The maximum Gasteiger partial charge on any atom is 3.00 e. The normalized spacial score (nSPS) is 10.2. The molecule has 1 amide bonds. The second-order valence-corrected chi connectivity index (χ2v) is 7.33. The van der Waals surface area contributed by atoms with E-state index in [1.807, 2.05) is 13.0 Å². The van der Waals surface area contributed by atoms with Crippen LogP contribution in [0.3, 0.4) is 0 Å². The maximum absolute atomic E-state index is 12.4. The number of hydrogen-bond donors (Lipinski definition) is 3. The number of aliphatic hydroxyl groups is 1. The summed E-state index contributed by atoms with van der Waals surface area (Å²) >= 11 is 0. The van der Waals surface area contributed by atoms with Gasteiger partial charge in [0.1, 0.15) is 5.75 Å². The molecule has 0 aliphatic rings. The number of carbonyl (C=O) groups is 1. The molecule has 3 rings (SSSR count). The first-order chi connectivity index (χ1) is 16.9.